The molecule has 2 aromatic rings. The van der Waals surface area contributed by atoms with Crippen molar-refractivity contribution in [2.45, 2.75) is 19.3 Å². The third kappa shape index (κ3) is 3.74. The maximum absolute atomic E-state index is 12.2. The van der Waals surface area contributed by atoms with Crippen LogP contribution in [0.2, 0.25) is 0 Å². The molecule has 24 heavy (non-hydrogen) atoms. The van der Waals surface area contributed by atoms with Gasteiger partial charge in [-0.05, 0) is 61.4 Å². The Morgan fingerprint density at radius 1 is 0.917 bits per heavy atom. The van der Waals surface area contributed by atoms with Gasteiger partial charge in [0.15, 0.2) is 0 Å². The molecule has 0 bridgehead atoms. The van der Waals surface area contributed by atoms with Gasteiger partial charge in [0.1, 0.15) is 5.75 Å². The molecule has 5 nitrogen and oxygen atoms in total. The zero-order valence-electron chi connectivity index (χ0n) is 13.5. The van der Waals surface area contributed by atoms with Crippen LogP contribution < -0.4 is 15.4 Å². The van der Waals surface area contributed by atoms with Gasteiger partial charge in [0, 0.05) is 22.9 Å². The largest absolute Gasteiger partial charge is 0.497 e. The lowest BCUT2D eigenvalue weighted by Gasteiger charge is -2.24. The normalized spacial score (nSPS) is 13.7. The van der Waals surface area contributed by atoms with Crippen molar-refractivity contribution >= 4 is 23.2 Å². The quantitative estimate of drug-likeness (QED) is 0.881. The second-order valence-corrected chi connectivity index (χ2v) is 5.88. The van der Waals surface area contributed by atoms with Crippen LogP contribution in [0.25, 0.3) is 0 Å². The van der Waals surface area contributed by atoms with E-state index in [4.69, 9.17) is 4.74 Å². The molecular formula is C19H20N2O3. The topological polar surface area (TPSA) is 67.4 Å². The molecule has 5 heteroatoms. The van der Waals surface area contributed by atoms with Crippen molar-refractivity contribution < 1.29 is 14.3 Å². The minimum absolute atomic E-state index is 0.0664. The van der Waals surface area contributed by atoms with E-state index in [2.05, 4.69) is 10.6 Å². The lowest BCUT2D eigenvalue weighted by molar-refractivity contribution is -0.122. The van der Waals surface area contributed by atoms with Gasteiger partial charge >= 0.3 is 0 Å². The second kappa shape index (κ2) is 7.17. The van der Waals surface area contributed by atoms with Gasteiger partial charge in [-0.25, -0.2) is 0 Å². The Morgan fingerprint density at radius 2 is 1.50 bits per heavy atom. The van der Waals surface area contributed by atoms with Crippen molar-refractivity contribution in [3.05, 3.63) is 54.1 Å². The highest BCUT2D eigenvalue weighted by molar-refractivity contribution is 6.04. The number of amides is 2. The van der Waals surface area contributed by atoms with E-state index in [0.717, 1.165) is 25.0 Å². The summed E-state index contributed by atoms with van der Waals surface area (Å²) in [6.07, 6.45) is 3.06. The summed E-state index contributed by atoms with van der Waals surface area (Å²) in [5.74, 6) is 0.747. The summed E-state index contributed by atoms with van der Waals surface area (Å²) in [6, 6.07) is 14.0. The van der Waals surface area contributed by atoms with Gasteiger partial charge in [0.2, 0.25) is 5.91 Å². The SMILES string of the molecule is COc1ccc(NC(=O)c2ccc(NC(=O)C3CCC3)cc2)cc1. The van der Waals surface area contributed by atoms with E-state index in [1.54, 1.807) is 55.6 Å². The smallest absolute Gasteiger partial charge is 0.255 e. The van der Waals surface area contributed by atoms with E-state index in [1.807, 2.05) is 0 Å². The van der Waals surface area contributed by atoms with Crippen LogP contribution in [0, 0.1) is 5.92 Å². The fourth-order valence-corrected chi connectivity index (χ4v) is 2.50. The highest BCUT2D eigenvalue weighted by atomic mass is 16.5. The van der Waals surface area contributed by atoms with Crippen molar-refractivity contribution in [1.82, 2.24) is 0 Å². The van der Waals surface area contributed by atoms with Crippen molar-refractivity contribution in [2.75, 3.05) is 17.7 Å². The van der Waals surface area contributed by atoms with Crippen LogP contribution in [0.4, 0.5) is 11.4 Å². The molecule has 1 saturated carbocycles. The number of anilines is 2. The van der Waals surface area contributed by atoms with E-state index in [1.165, 1.54) is 0 Å². The molecule has 0 saturated heterocycles. The van der Waals surface area contributed by atoms with Gasteiger partial charge in [-0.2, -0.15) is 0 Å². The first-order valence-electron chi connectivity index (χ1n) is 8.02. The first kappa shape index (κ1) is 16.1. The number of carbonyl (C=O) groups is 2. The molecule has 1 fully saturated rings. The van der Waals surface area contributed by atoms with E-state index >= 15 is 0 Å². The number of benzene rings is 2. The van der Waals surface area contributed by atoms with Gasteiger partial charge < -0.3 is 15.4 Å². The molecule has 0 spiro atoms. The molecule has 1 aliphatic carbocycles. The summed E-state index contributed by atoms with van der Waals surface area (Å²) in [6.45, 7) is 0. The minimum Gasteiger partial charge on any atom is -0.497 e. The zero-order valence-corrected chi connectivity index (χ0v) is 13.5. The lowest BCUT2D eigenvalue weighted by atomic mass is 9.85. The molecule has 2 amide bonds. The maximum atomic E-state index is 12.2. The van der Waals surface area contributed by atoms with Crippen LogP contribution in [-0.2, 0) is 4.79 Å². The molecule has 2 N–H and O–H groups in total. The molecule has 0 atom stereocenters. The van der Waals surface area contributed by atoms with Crippen LogP contribution >= 0.6 is 0 Å². The molecule has 2 aromatic carbocycles. The van der Waals surface area contributed by atoms with Gasteiger partial charge in [0.05, 0.1) is 7.11 Å². The van der Waals surface area contributed by atoms with Crippen LogP contribution in [0.15, 0.2) is 48.5 Å². The number of methoxy groups -OCH3 is 1. The predicted octanol–water partition coefficient (Wildman–Crippen LogP) is 3.69. The third-order valence-electron chi connectivity index (χ3n) is 4.24. The third-order valence-corrected chi connectivity index (χ3v) is 4.24. The van der Waals surface area contributed by atoms with E-state index in [9.17, 15) is 9.59 Å². The molecule has 1 aliphatic rings. The van der Waals surface area contributed by atoms with Crippen molar-refractivity contribution in [1.29, 1.82) is 0 Å². The first-order chi connectivity index (χ1) is 11.7. The van der Waals surface area contributed by atoms with Gasteiger partial charge in [-0.1, -0.05) is 6.42 Å². The molecule has 0 unspecified atom stereocenters. The molecule has 3 rings (SSSR count). The number of nitrogens with one attached hydrogen (secondary N) is 2. The Bertz CT molecular complexity index is 719. The number of rotatable bonds is 5. The molecule has 0 radical (unpaired) electrons. The predicted molar refractivity (Wildman–Crippen MR) is 93.4 cm³/mol. The van der Waals surface area contributed by atoms with Crippen molar-refractivity contribution in [3.63, 3.8) is 0 Å². The summed E-state index contributed by atoms with van der Waals surface area (Å²) in [4.78, 5) is 24.1. The first-order valence-corrected chi connectivity index (χ1v) is 8.02. The molecule has 0 aliphatic heterocycles. The van der Waals surface area contributed by atoms with E-state index in [0.29, 0.717) is 16.9 Å². The fraction of sp³-hybridized carbons (Fsp3) is 0.263. The zero-order chi connectivity index (χ0) is 16.9. The Kier molecular flexibility index (Phi) is 4.79. The highest BCUT2D eigenvalue weighted by Crippen LogP contribution is 2.27. The number of carbonyl (C=O) groups excluding carboxylic acids is 2. The number of hydrogen-bond donors (Lipinski definition) is 2. The molecule has 0 heterocycles. The summed E-state index contributed by atoms with van der Waals surface area (Å²) < 4.78 is 5.09. The summed E-state index contributed by atoms with van der Waals surface area (Å²) in [5, 5.41) is 5.71. The van der Waals surface area contributed by atoms with Crippen LogP contribution in [0.3, 0.4) is 0 Å². The fourth-order valence-electron chi connectivity index (χ4n) is 2.50. The Morgan fingerprint density at radius 3 is 2.04 bits per heavy atom. The van der Waals surface area contributed by atoms with Crippen molar-refractivity contribution in [2.24, 2.45) is 5.92 Å². The monoisotopic (exact) mass is 324 g/mol. The van der Waals surface area contributed by atoms with Gasteiger partial charge in [0.25, 0.3) is 5.91 Å². The molecule has 124 valence electrons. The lowest BCUT2D eigenvalue weighted by Crippen LogP contribution is -2.28. The standard InChI is InChI=1S/C19H20N2O3/c1-24-17-11-9-16(10-12-17)21-19(23)14-5-7-15(8-6-14)20-18(22)13-3-2-4-13/h5-13H,2-4H2,1H3,(H,20,22)(H,21,23). The number of hydrogen-bond acceptors (Lipinski definition) is 3. The Labute approximate surface area is 141 Å². The Hall–Kier alpha value is -2.82. The minimum atomic E-state index is -0.197. The summed E-state index contributed by atoms with van der Waals surface area (Å²) in [7, 11) is 1.60. The van der Waals surface area contributed by atoms with Crippen LogP contribution in [0.1, 0.15) is 29.6 Å². The summed E-state index contributed by atoms with van der Waals surface area (Å²) in [5.41, 5.74) is 1.95. The second-order valence-electron chi connectivity index (χ2n) is 5.88. The molecular weight excluding hydrogens is 304 g/mol. The Balaban J connectivity index is 1.59. The summed E-state index contributed by atoms with van der Waals surface area (Å²) >= 11 is 0. The van der Waals surface area contributed by atoms with Crippen molar-refractivity contribution in [3.8, 4) is 5.75 Å². The van der Waals surface area contributed by atoms with Gasteiger partial charge in [-0.15, -0.1) is 0 Å². The average molecular weight is 324 g/mol. The highest BCUT2D eigenvalue weighted by Gasteiger charge is 2.25. The maximum Gasteiger partial charge on any atom is 0.255 e. The van der Waals surface area contributed by atoms with Crippen LogP contribution in [0.5, 0.6) is 5.75 Å². The van der Waals surface area contributed by atoms with E-state index in [-0.39, 0.29) is 17.7 Å². The molecule has 0 aromatic heterocycles. The van der Waals surface area contributed by atoms with E-state index < -0.39 is 0 Å². The van der Waals surface area contributed by atoms with Crippen LogP contribution in [-0.4, -0.2) is 18.9 Å². The average Bonchev–Trinajstić information content (AvgIpc) is 2.54. The van der Waals surface area contributed by atoms with Gasteiger partial charge in [-0.3, -0.25) is 9.59 Å². The number of ether oxygens (including phenoxy) is 1.